The molecule has 0 unspecified atom stereocenters. The number of rotatable bonds is 6. The van der Waals surface area contributed by atoms with Crippen LogP contribution in [0.2, 0.25) is 0 Å². The van der Waals surface area contributed by atoms with Gasteiger partial charge >= 0.3 is 0 Å². The second-order valence-electron chi connectivity index (χ2n) is 5.50. The Bertz CT molecular complexity index is 505. The summed E-state index contributed by atoms with van der Waals surface area (Å²) >= 11 is 1.25. The highest BCUT2D eigenvalue weighted by Gasteiger charge is 2.22. The number of nitrogens with zero attached hydrogens (tertiary/aromatic N) is 1. The predicted molar refractivity (Wildman–Crippen MR) is 84.9 cm³/mol. The fourth-order valence-corrected chi connectivity index (χ4v) is 3.36. The molecule has 0 radical (unpaired) electrons. The van der Waals surface area contributed by atoms with Gasteiger partial charge in [-0.2, -0.15) is 0 Å². The lowest BCUT2D eigenvalue weighted by Crippen LogP contribution is -2.41. The summed E-state index contributed by atoms with van der Waals surface area (Å²) in [5.41, 5.74) is 0. The summed E-state index contributed by atoms with van der Waals surface area (Å²) in [7, 11) is 0. The van der Waals surface area contributed by atoms with E-state index in [2.05, 4.69) is 12.2 Å². The molecule has 1 amide bonds. The number of carbonyl (C=O) groups is 1. The number of halogens is 2. The van der Waals surface area contributed by atoms with E-state index in [1.165, 1.54) is 17.8 Å². The minimum Gasteiger partial charge on any atom is -0.342 e. The third-order valence-corrected chi connectivity index (χ3v) is 4.88. The number of benzene rings is 1. The van der Waals surface area contributed by atoms with E-state index < -0.39 is 11.6 Å². The molecule has 1 saturated heterocycles. The molecule has 6 heteroatoms. The number of nitrogens with one attached hydrogen (secondary N) is 1. The third-order valence-electron chi connectivity index (χ3n) is 3.90. The van der Waals surface area contributed by atoms with Crippen LogP contribution in [0.5, 0.6) is 0 Å². The van der Waals surface area contributed by atoms with E-state index in [1.807, 2.05) is 4.90 Å². The van der Waals surface area contributed by atoms with Gasteiger partial charge < -0.3 is 10.2 Å². The maximum Gasteiger partial charge on any atom is 0.232 e. The molecule has 0 saturated carbocycles. The van der Waals surface area contributed by atoms with Gasteiger partial charge in [-0.05, 0) is 50.0 Å². The summed E-state index contributed by atoms with van der Waals surface area (Å²) in [5.74, 6) is -0.761. The van der Waals surface area contributed by atoms with Crippen LogP contribution in [0.15, 0.2) is 23.1 Å². The van der Waals surface area contributed by atoms with Crippen molar-refractivity contribution in [3.8, 4) is 0 Å². The zero-order valence-electron chi connectivity index (χ0n) is 12.8. The second-order valence-corrected chi connectivity index (χ2v) is 6.55. The highest BCUT2D eigenvalue weighted by molar-refractivity contribution is 8.00. The van der Waals surface area contributed by atoms with E-state index in [0.29, 0.717) is 10.8 Å². The van der Waals surface area contributed by atoms with Gasteiger partial charge in [0.2, 0.25) is 5.91 Å². The Morgan fingerprint density at radius 3 is 2.68 bits per heavy atom. The minimum absolute atomic E-state index is 0.0663. The molecular formula is C16H22F2N2OS. The smallest absolute Gasteiger partial charge is 0.232 e. The van der Waals surface area contributed by atoms with Crippen LogP contribution in [-0.2, 0) is 4.79 Å². The van der Waals surface area contributed by atoms with Gasteiger partial charge in [0, 0.05) is 18.0 Å². The van der Waals surface area contributed by atoms with E-state index in [0.717, 1.165) is 51.2 Å². The fraction of sp³-hybridized carbons (Fsp3) is 0.562. The first-order valence-corrected chi connectivity index (χ1v) is 8.65. The molecule has 1 N–H and O–H groups in total. The maximum atomic E-state index is 13.1. The van der Waals surface area contributed by atoms with Crippen molar-refractivity contribution in [2.45, 2.75) is 24.7 Å². The normalized spacial score (nSPS) is 16.0. The fourth-order valence-electron chi connectivity index (χ4n) is 2.54. The van der Waals surface area contributed by atoms with E-state index in [4.69, 9.17) is 0 Å². The average Bonchev–Trinajstić information content (AvgIpc) is 2.54. The SMILES string of the molecule is CCNCC1CCN(C(=O)CSc2ccc(F)c(F)c2)CC1. The molecule has 0 spiro atoms. The van der Waals surface area contributed by atoms with Crippen molar-refractivity contribution < 1.29 is 13.6 Å². The van der Waals surface area contributed by atoms with Crippen molar-refractivity contribution in [3.63, 3.8) is 0 Å². The van der Waals surface area contributed by atoms with Gasteiger partial charge in [0.15, 0.2) is 11.6 Å². The highest BCUT2D eigenvalue weighted by atomic mass is 32.2. The molecule has 1 aromatic carbocycles. The summed E-state index contributed by atoms with van der Waals surface area (Å²) < 4.78 is 26.0. The van der Waals surface area contributed by atoms with E-state index >= 15 is 0 Å². The van der Waals surface area contributed by atoms with Gasteiger partial charge in [0.05, 0.1) is 5.75 Å². The first kappa shape index (κ1) is 17.2. The van der Waals surface area contributed by atoms with Crippen LogP contribution in [0, 0.1) is 17.6 Å². The number of hydrogen-bond donors (Lipinski definition) is 1. The first-order chi connectivity index (χ1) is 10.6. The number of likely N-dealkylation sites (tertiary alicyclic amines) is 1. The number of piperidine rings is 1. The first-order valence-electron chi connectivity index (χ1n) is 7.66. The van der Waals surface area contributed by atoms with Crippen LogP contribution in [0.4, 0.5) is 8.78 Å². The lowest BCUT2D eigenvalue weighted by Gasteiger charge is -2.32. The van der Waals surface area contributed by atoms with Crippen molar-refractivity contribution in [1.82, 2.24) is 10.2 Å². The van der Waals surface area contributed by atoms with Gasteiger partial charge in [-0.25, -0.2) is 8.78 Å². The molecule has 1 aromatic rings. The predicted octanol–water partition coefficient (Wildman–Crippen LogP) is 2.91. The maximum absolute atomic E-state index is 13.1. The van der Waals surface area contributed by atoms with Crippen molar-refractivity contribution in [2.24, 2.45) is 5.92 Å². The Labute approximate surface area is 134 Å². The van der Waals surface area contributed by atoms with Gasteiger partial charge in [-0.3, -0.25) is 4.79 Å². The molecule has 0 aromatic heterocycles. The largest absolute Gasteiger partial charge is 0.342 e. The van der Waals surface area contributed by atoms with Crippen LogP contribution in [0.3, 0.4) is 0 Å². The van der Waals surface area contributed by atoms with E-state index in [1.54, 1.807) is 0 Å². The van der Waals surface area contributed by atoms with Gasteiger partial charge in [0.1, 0.15) is 0 Å². The molecule has 0 bridgehead atoms. The molecule has 0 atom stereocenters. The minimum atomic E-state index is -0.873. The molecule has 0 aliphatic carbocycles. The Morgan fingerprint density at radius 1 is 1.32 bits per heavy atom. The zero-order chi connectivity index (χ0) is 15.9. The molecule has 3 nitrogen and oxygen atoms in total. The van der Waals surface area contributed by atoms with Crippen LogP contribution in [-0.4, -0.2) is 42.7 Å². The number of hydrogen-bond acceptors (Lipinski definition) is 3. The highest BCUT2D eigenvalue weighted by Crippen LogP contribution is 2.22. The molecule has 122 valence electrons. The van der Waals surface area contributed by atoms with Crippen LogP contribution < -0.4 is 5.32 Å². The van der Waals surface area contributed by atoms with Crippen LogP contribution >= 0.6 is 11.8 Å². The van der Waals surface area contributed by atoms with Crippen molar-refractivity contribution >= 4 is 17.7 Å². The molecule has 2 rings (SSSR count). The summed E-state index contributed by atoms with van der Waals surface area (Å²) in [6.45, 7) is 5.65. The molecule has 1 fully saturated rings. The topological polar surface area (TPSA) is 32.3 Å². The lowest BCUT2D eigenvalue weighted by molar-refractivity contribution is -0.129. The summed E-state index contributed by atoms with van der Waals surface area (Å²) in [4.78, 5) is 14.6. The monoisotopic (exact) mass is 328 g/mol. The molecule has 1 heterocycles. The molecule has 1 aliphatic heterocycles. The Morgan fingerprint density at radius 2 is 2.05 bits per heavy atom. The Balaban J connectivity index is 1.75. The van der Waals surface area contributed by atoms with Crippen molar-refractivity contribution in [3.05, 3.63) is 29.8 Å². The van der Waals surface area contributed by atoms with Crippen LogP contribution in [0.1, 0.15) is 19.8 Å². The summed E-state index contributed by atoms with van der Waals surface area (Å²) in [5, 5.41) is 3.34. The average molecular weight is 328 g/mol. The number of amides is 1. The van der Waals surface area contributed by atoms with Crippen LogP contribution in [0.25, 0.3) is 0 Å². The molecule has 1 aliphatic rings. The summed E-state index contributed by atoms with van der Waals surface area (Å²) in [6.07, 6.45) is 2.04. The van der Waals surface area contributed by atoms with Crippen molar-refractivity contribution in [2.75, 3.05) is 31.9 Å². The number of carbonyl (C=O) groups excluding carboxylic acids is 1. The van der Waals surface area contributed by atoms with Gasteiger partial charge in [-0.1, -0.05) is 6.92 Å². The Hall–Kier alpha value is -1.14. The van der Waals surface area contributed by atoms with E-state index in [9.17, 15) is 13.6 Å². The molecule has 22 heavy (non-hydrogen) atoms. The van der Waals surface area contributed by atoms with Gasteiger partial charge in [0.25, 0.3) is 0 Å². The van der Waals surface area contributed by atoms with Crippen molar-refractivity contribution in [1.29, 1.82) is 0 Å². The summed E-state index contributed by atoms with van der Waals surface area (Å²) in [6, 6.07) is 3.73. The molecular weight excluding hydrogens is 306 g/mol. The zero-order valence-corrected chi connectivity index (χ0v) is 13.6. The quantitative estimate of drug-likeness (QED) is 0.815. The standard InChI is InChI=1S/C16H22F2N2OS/c1-2-19-10-12-5-7-20(8-6-12)16(21)11-22-13-3-4-14(17)15(18)9-13/h3-4,9,12,19H,2,5-8,10-11H2,1H3. The second kappa shape index (κ2) is 8.48. The van der Waals surface area contributed by atoms with Gasteiger partial charge in [-0.15, -0.1) is 11.8 Å². The number of thioether (sulfide) groups is 1. The lowest BCUT2D eigenvalue weighted by atomic mass is 9.97. The van der Waals surface area contributed by atoms with E-state index in [-0.39, 0.29) is 11.7 Å². The Kier molecular flexibility index (Phi) is 6.64. The third kappa shape index (κ3) is 4.95.